The van der Waals surface area contributed by atoms with Crippen molar-refractivity contribution < 1.29 is 22.0 Å². The first kappa shape index (κ1) is 20.7. The molecule has 0 saturated carbocycles. The highest BCUT2D eigenvalue weighted by Gasteiger charge is 2.37. The van der Waals surface area contributed by atoms with Gasteiger partial charge in [-0.05, 0) is 42.3 Å². The molecule has 1 aliphatic rings. The summed E-state index contributed by atoms with van der Waals surface area (Å²) in [5, 5.41) is 2.62. The zero-order chi connectivity index (χ0) is 20.5. The molecule has 10 heteroatoms. The van der Waals surface area contributed by atoms with Crippen LogP contribution in [0.25, 0.3) is 0 Å². The second kappa shape index (κ2) is 8.12. The average molecular weight is 430 g/mol. The molecule has 1 fully saturated rings. The monoisotopic (exact) mass is 429 g/mol. The lowest BCUT2D eigenvalue weighted by atomic mass is 10.2. The van der Waals surface area contributed by atoms with E-state index in [9.17, 15) is 22.0 Å². The summed E-state index contributed by atoms with van der Waals surface area (Å²) in [7, 11) is -3.88. The third-order valence-electron chi connectivity index (χ3n) is 4.39. The normalized spacial score (nSPS) is 17.0. The van der Waals surface area contributed by atoms with Gasteiger partial charge < -0.3 is 5.32 Å². The molecule has 0 aromatic heterocycles. The first-order valence-electron chi connectivity index (χ1n) is 8.42. The van der Waals surface area contributed by atoms with E-state index < -0.39 is 34.3 Å². The molecule has 2 aromatic rings. The van der Waals surface area contributed by atoms with Crippen molar-refractivity contribution in [2.24, 2.45) is 0 Å². The Hall–Kier alpha value is -2.07. The van der Waals surface area contributed by atoms with Crippen LogP contribution in [0.15, 0.2) is 36.4 Å². The molecular weight excluding hydrogens is 412 g/mol. The molecule has 1 aliphatic heterocycles. The number of hydrogen-bond donors (Lipinski definition) is 1. The lowest BCUT2D eigenvalue weighted by Crippen LogP contribution is -2.37. The molecule has 0 spiro atoms. The summed E-state index contributed by atoms with van der Waals surface area (Å²) in [5.74, 6) is -1.55. The lowest BCUT2D eigenvalue weighted by Gasteiger charge is -2.19. The van der Waals surface area contributed by atoms with Gasteiger partial charge in [0.25, 0.3) is 10.2 Å². The van der Waals surface area contributed by atoms with Crippen molar-refractivity contribution in [1.29, 1.82) is 0 Å². The topological polar surface area (TPSA) is 69.7 Å². The Labute approximate surface area is 166 Å². The van der Waals surface area contributed by atoms with E-state index in [2.05, 4.69) is 5.32 Å². The summed E-state index contributed by atoms with van der Waals surface area (Å²) in [6.07, 6.45) is 0. The molecule has 150 valence electrons. The van der Waals surface area contributed by atoms with Crippen molar-refractivity contribution in [3.63, 3.8) is 0 Å². The molecule has 1 N–H and O–H groups in total. The second-order valence-electron chi connectivity index (χ2n) is 6.42. The first-order chi connectivity index (χ1) is 13.2. The molecule has 2 aromatic carbocycles. The van der Waals surface area contributed by atoms with E-state index in [1.165, 1.54) is 34.6 Å². The molecule has 1 heterocycles. The van der Waals surface area contributed by atoms with Gasteiger partial charge in [0.1, 0.15) is 11.6 Å². The first-order valence-corrected chi connectivity index (χ1v) is 10.2. The summed E-state index contributed by atoms with van der Waals surface area (Å²) >= 11 is 5.97. The maximum Gasteiger partial charge on any atom is 0.282 e. The van der Waals surface area contributed by atoms with Gasteiger partial charge in [0.15, 0.2) is 0 Å². The fourth-order valence-corrected chi connectivity index (χ4v) is 4.57. The third kappa shape index (κ3) is 4.49. The van der Waals surface area contributed by atoms with Gasteiger partial charge in [0.05, 0.1) is 6.54 Å². The zero-order valence-corrected chi connectivity index (χ0v) is 16.5. The minimum atomic E-state index is -3.88. The highest BCUT2D eigenvalue weighted by atomic mass is 35.5. The Morgan fingerprint density at radius 2 is 1.86 bits per heavy atom. The van der Waals surface area contributed by atoms with E-state index in [1.807, 2.05) is 0 Å². The Kier molecular flexibility index (Phi) is 5.99. The largest absolute Gasteiger partial charge is 0.325 e. The number of nitrogens with zero attached hydrogens (tertiary/aromatic N) is 2. The molecule has 0 unspecified atom stereocenters. The van der Waals surface area contributed by atoms with Gasteiger partial charge in [0, 0.05) is 30.3 Å². The predicted molar refractivity (Wildman–Crippen MR) is 102 cm³/mol. The van der Waals surface area contributed by atoms with Gasteiger partial charge in [-0.25, -0.2) is 8.78 Å². The van der Waals surface area contributed by atoms with Crippen molar-refractivity contribution in [2.45, 2.75) is 13.5 Å². The number of hydrogen-bond acceptors (Lipinski definition) is 3. The van der Waals surface area contributed by atoms with Gasteiger partial charge in [-0.3, -0.25) is 4.79 Å². The summed E-state index contributed by atoms with van der Waals surface area (Å²) in [6.45, 7) is 1.47. The third-order valence-corrected chi connectivity index (χ3v) is 6.67. The standard InChI is InChI=1S/C18H18ClF2N3O3S/c1-12-2-5-15(9-17(12)21)22-18(25)11-24-7-6-23(28(24,26)27)10-13-3-4-14(20)8-16(13)19/h2-5,8-9H,6-7,10-11H2,1H3,(H,22,25). The van der Waals surface area contributed by atoms with E-state index in [4.69, 9.17) is 11.6 Å². The molecule has 6 nitrogen and oxygen atoms in total. The molecule has 0 radical (unpaired) electrons. The number of halogens is 3. The summed E-state index contributed by atoms with van der Waals surface area (Å²) in [6, 6.07) is 7.98. The van der Waals surface area contributed by atoms with Crippen molar-refractivity contribution in [3.05, 3.63) is 64.2 Å². The van der Waals surface area contributed by atoms with Crippen LogP contribution in [-0.4, -0.2) is 42.6 Å². The van der Waals surface area contributed by atoms with Crippen LogP contribution in [0.1, 0.15) is 11.1 Å². The van der Waals surface area contributed by atoms with E-state index in [0.29, 0.717) is 11.1 Å². The van der Waals surface area contributed by atoms with Crippen molar-refractivity contribution in [3.8, 4) is 0 Å². The summed E-state index contributed by atoms with van der Waals surface area (Å²) in [4.78, 5) is 12.2. The molecule has 0 bridgehead atoms. The lowest BCUT2D eigenvalue weighted by molar-refractivity contribution is -0.116. The molecule has 1 saturated heterocycles. The SMILES string of the molecule is Cc1ccc(NC(=O)CN2CCN(Cc3ccc(F)cc3Cl)S2(=O)=O)cc1F. The zero-order valence-electron chi connectivity index (χ0n) is 15.0. The number of aryl methyl sites for hydroxylation is 1. The fraction of sp³-hybridized carbons (Fsp3) is 0.278. The Bertz CT molecular complexity index is 1020. The number of benzene rings is 2. The Balaban J connectivity index is 1.65. The molecule has 28 heavy (non-hydrogen) atoms. The number of carbonyl (C=O) groups excluding carboxylic acids is 1. The van der Waals surface area contributed by atoms with E-state index >= 15 is 0 Å². The van der Waals surface area contributed by atoms with Crippen LogP contribution in [0.4, 0.5) is 14.5 Å². The van der Waals surface area contributed by atoms with Gasteiger partial charge in [0.2, 0.25) is 5.91 Å². The van der Waals surface area contributed by atoms with Crippen LogP contribution in [0.2, 0.25) is 5.02 Å². The van der Waals surface area contributed by atoms with Crippen LogP contribution >= 0.6 is 11.6 Å². The maximum atomic E-state index is 13.6. The molecule has 1 amide bonds. The molecule has 0 atom stereocenters. The number of nitrogens with one attached hydrogen (secondary N) is 1. The quantitative estimate of drug-likeness (QED) is 0.794. The molecular formula is C18H18ClF2N3O3S. The van der Waals surface area contributed by atoms with Crippen molar-refractivity contribution in [1.82, 2.24) is 8.61 Å². The smallest absolute Gasteiger partial charge is 0.282 e. The van der Waals surface area contributed by atoms with Crippen LogP contribution < -0.4 is 5.32 Å². The maximum absolute atomic E-state index is 13.6. The van der Waals surface area contributed by atoms with E-state index in [0.717, 1.165) is 10.4 Å². The minimum Gasteiger partial charge on any atom is -0.325 e. The molecule has 0 aliphatic carbocycles. The number of carbonyl (C=O) groups is 1. The van der Waals surface area contributed by atoms with Gasteiger partial charge >= 0.3 is 0 Å². The van der Waals surface area contributed by atoms with Crippen LogP contribution in [0.5, 0.6) is 0 Å². The average Bonchev–Trinajstić information content (AvgIpc) is 2.88. The second-order valence-corrected chi connectivity index (χ2v) is 8.76. The Morgan fingerprint density at radius 1 is 1.14 bits per heavy atom. The van der Waals surface area contributed by atoms with E-state index in [1.54, 1.807) is 6.92 Å². The minimum absolute atomic E-state index is 0.0251. The fourth-order valence-electron chi connectivity index (χ4n) is 2.81. The highest BCUT2D eigenvalue weighted by Crippen LogP contribution is 2.24. The van der Waals surface area contributed by atoms with Crippen LogP contribution in [0.3, 0.4) is 0 Å². The van der Waals surface area contributed by atoms with E-state index in [-0.39, 0.29) is 30.3 Å². The predicted octanol–water partition coefficient (Wildman–Crippen LogP) is 2.93. The van der Waals surface area contributed by atoms with Crippen LogP contribution in [-0.2, 0) is 21.5 Å². The highest BCUT2D eigenvalue weighted by molar-refractivity contribution is 7.87. The van der Waals surface area contributed by atoms with Gasteiger partial charge in [-0.1, -0.05) is 23.7 Å². The van der Waals surface area contributed by atoms with Crippen molar-refractivity contribution in [2.75, 3.05) is 25.0 Å². The Morgan fingerprint density at radius 3 is 2.54 bits per heavy atom. The van der Waals surface area contributed by atoms with Crippen molar-refractivity contribution >= 4 is 33.4 Å². The number of anilines is 1. The van der Waals surface area contributed by atoms with Gasteiger partial charge in [-0.2, -0.15) is 17.0 Å². The van der Waals surface area contributed by atoms with Crippen LogP contribution in [0, 0.1) is 18.6 Å². The molecule has 3 rings (SSSR count). The number of amides is 1. The van der Waals surface area contributed by atoms with Gasteiger partial charge in [-0.15, -0.1) is 0 Å². The summed E-state index contributed by atoms with van der Waals surface area (Å²) < 4.78 is 54.2. The summed E-state index contributed by atoms with van der Waals surface area (Å²) in [5.41, 5.74) is 1.16. The number of rotatable bonds is 5.